The average molecular weight is 380 g/mol. The Kier molecular flexibility index (Phi) is 4.24. The lowest BCUT2D eigenvalue weighted by Gasteiger charge is -2.32. The molecule has 0 aliphatic carbocycles. The van der Waals surface area contributed by atoms with Crippen LogP contribution in [0.4, 0.5) is 11.5 Å². The van der Waals surface area contributed by atoms with Crippen molar-refractivity contribution in [3.8, 4) is 0 Å². The quantitative estimate of drug-likeness (QED) is 0.454. The number of hydrogen-bond acceptors (Lipinski definition) is 2. The van der Waals surface area contributed by atoms with Gasteiger partial charge in [-0.25, -0.2) is 4.68 Å². The topological polar surface area (TPSA) is 21.1 Å². The standard InChI is InChI=1S/C26H25N3/c1-3-24-20(2)27-29-25(24)28(23-17-11-6-12-18-23)19-26(29,21-13-7-4-8-14-21)22-15-9-5-10-16-22/h4-18H,3,19H2,1-2H3. The Morgan fingerprint density at radius 1 is 0.793 bits per heavy atom. The lowest BCUT2D eigenvalue weighted by atomic mass is 9.83. The van der Waals surface area contributed by atoms with Crippen molar-refractivity contribution < 1.29 is 0 Å². The summed E-state index contributed by atoms with van der Waals surface area (Å²) in [6.45, 7) is 5.17. The van der Waals surface area contributed by atoms with E-state index in [1.54, 1.807) is 0 Å². The first-order chi connectivity index (χ1) is 14.3. The summed E-state index contributed by atoms with van der Waals surface area (Å²) in [5, 5.41) is 5.12. The molecule has 1 aliphatic rings. The summed E-state index contributed by atoms with van der Waals surface area (Å²) in [7, 11) is 0. The van der Waals surface area contributed by atoms with Gasteiger partial charge in [-0.05, 0) is 36.6 Å². The van der Waals surface area contributed by atoms with Crippen LogP contribution in [0.2, 0.25) is 0 Å². The number of nitrogens with zero attached hydrogens (tertiary/aromatic N) is 3. The van der Waals surface area contributed by atoms with Gasteiger partial charge in [-0.1, -0.05) is 85.8 Å². The summed E-state index contributed by atoms with van der Waals surface area (Å²) in [5.41, 5.74) is 5.79. The monoisotopic (exact) mass is 379 g/mol. The number of fused-ring (bicyclic) bond motifs is 1. The van der Waals surface area contributed by atoms with Gasteiger partial charge in [-0.3, -0.25) is 0 Å². The largest absolute Gasteiger partial charge is 0.323 e. The predicted octanol–water partition coefficient (Wildman–Crippen LogP) is 5.70. The van der Waals surface area contributed by atoms with E-state index in [4.69, 9.17) is 5.10 Å². The van der Waals surface area contributed by atoms with Gasteiger partial charge >= 0.3 is 0 Å². The number of benzene rings is 3. The van der Waals surface area contributed by atoms with Crippen LogP contribution >= 0.6 is 0 Å². The first-order valence-electron chi connectivity index (χ1n) is 10.3. The van der Waals surface area contributed by atoms with E-state index in [2.05, 4.69) is 114 Å². The van der Waals surface area contributed by atoms with Gasteiger partial charge in [0.15, 0.2) is 0 Å². The first-order valence-corrected chi connectivity index (χ1v) is 10.3. The molecule has 0 saturated carbocycles. The Hall–Kier alpha value is -3.33. The third-order valence-corrected chi connectivity index (χ3v) is 6.09. The van der Waals surface area contributed by atoms with Crippen LogP contribution in [0.5, 0.6) is 0 Å². The molecule has 0 atom stereocenters. The van der Waals surface area contributed by atoms with Crippen molar-refractivity contribution in [3.63, 3.8) is 0 Å². The van der Waals surface area contributed by atoms with Gasteiger partial charge in [-0.2, -0.15) is 5.10 Å². The lowest BCUT2D eigenvalue weighted by molar-refractivity contribution is 0.441. The molecule has 3 heteroatoms. The fraction of sp³-hybridized carbons (Fsp3) is 0.192. The van der Waals surface area contributed by atoms with E-state index in [1.165, 1.54) is 28.2 Å². The molecule has 144 valence electrons. The van der Waals surface area contributed by atoms with Crippen molar-refractivity contribution in [1.29, 1.82) is 0 Å². The Labute approximate surface area is 172 Å². The minimum absolute atomic E-state index is 0.369. The highest BCUT2D eigenvalue weighted by molar-refractivity contribution is 5.70. The number of aryl methyl sites for hydroxylation is 1. The summed E-state index contributed by atoms with van der Waals surface area (Å²) < 4.78 is 2.28. The van der Waals surface area contributed by atoms with Gasteiger partial charge in [0.2, 0.25) is 0 Å². The molecule has 0 N–H and O–H groups in total. The minimum atomic E-state index is -0.369. The summed E-state index contributed by atoms with van der Waals surface area (Å²) in [4.78, 5) is 2.44. The van der Waals surface area contributed by atoms with Gasteiger partial charge in [-0.15, -0.1) is 0 Å². The highest BCUT2D eigenvalue weighted by Crippen LogP contribution is 2.48. The third kappa shape index (κ3) is 2.61. The van der Waals surface area contributed by atoms with Crippen LogP contribution in [-0.4, -0.2) is 16.3 Å². The molecule has 0 bridgehead atoms. The normalized spacial score (nSPS) is 14.8. The molecule has 3 nitrogen and oxygen atoms in total. The maximum absolute atomic E-state index is 5.12. The van der Waals surface area contributed by atoms with E-state index >= 15 is 0 Å². The number of hydrogen-bond donors (Lipinski definition) is 0. The molecule has 1 aliphatic heterocycles. The lowest BCUT2D eigenvalue weighted by Crippen LogP contribution is -2.39. The van der Waals surface area contributed by atoms with Crippen molar-refractivity contribution >= 4 is 11.5 Å². The van der Waals surface area contributed by atoms with Crippen molar-refractivity contribution in [3.05, 3.63) is 113 Å². The van der Waals surface area contributed by atoms with Crippen LogP contribution in [0, 0.1) is 6.92 Å². The molecule has 1 aromatic heterocycles. The summed E-state index contributed by atoms with van der Waals surface area (Å²) >= 11 is 0. The van der Waals surface area contributed by atoms with Gasteiger partial charge in [0.05, 0.1) is 12.2 Å². The molecule has 0 radical (unpaired) electrons. The van der Waals surface area contributed by atoms with Crippen molar-refractivity contribution in [1.82, 2.24) is 9.78 Å². The van der Waals surface area contributed by atoms with Crippen LogP contribution in [0.1, 0.15) is 29.3 Å². The number of rotatable bonds is 4. The van der Waals surface area contributed by atoms with Gasteiger partial charge in [0.25, 0.3) is 0 Å². The molecule has 0 amide bonds. The highest BCUT2D eigenvalue weighted by atomic mass is 15.5. The molecule has 0 saturated heterocycles. The van der Waals surface area contributed by atoms with Crippen LogP contribution in [-0.2, 0) is 12.0 Å². The van der Waals surface area contributed by atoms with Gasteiger partial charge in [0, 0.05) is 11.3 Å². The Morgan fingerprint density at radius 3 is 1.83 bits per heavy atom. The van der Waals surface area contributed by atoms with E-state index in [-0.39, 0.29) is 5.54 Å². The van der Waals surface area contributed by atoms with E-state index in [0.29, 0.717) is 0 Å². The number of aromatic nitrogens is 2. The predicted molar refractivity (Wildman–Crippen MR) is 119 cm³/mol. The van der Waals surface area contributed by atoms with Crippen molar-refractivity contribution in [2.24, 2.45) is 0 Å². The number of anilines is 2. The van der Waals surface area contributed by atoms with Crippen LogP contribution < -0.4 is 4.90 Å². The molecular weight excluding hydrogens is 354 g/mol. The molecular formula is C26H25N3. The Morgan fingerprint density at radius 2 is 1.31 bits per heavy atom. The maximum atomic E-state index is 5.12. The smallest absolute Gasteiger partial charge is 0.136 e. The molecule has 0 fully saturated rings. The van der Waals surface area contributed by atoms with Gasteiger partial charge in [0.1, 0.15) is 11.4 Å². The van der Waals surface area contributed by atoms with Gasteiger partial charge < -0.3 is 4.90 Å². The zero-order valence-corrected chi connectivity index (χ0v) is 16.9. The second-order valence-electron chi connectivity index (χ2n) is 7.67. The highest BCUT2D eigenvalue weighted by Gasteiger charge is 2.48. The number of para-hydroxylation sites is 1. The average Bonchev–Trinajstić information content (AvgIpc) is 3.29. The summed E-state index contributed by atoms with van der Waals surface area (Å²) in [6.07, 6.45) is 0.962. The molecule has 4 aromatic rings. The first kappa shape index (κ1) is 17.7. The Bertz CT molecular complexity index is 1080. The van der Waals surface area contributed by atoms with Crippen LogP contribution in [0.3, 0.4) is 0 Å². The van der Waals surface area contributed by atoms with E-state index < -0.39 is 0 Å². The van der Waals surface area contributed by atoms with Crippen LogP contribution in [0.25, 0.3) is 0 Å². The zero-order valence-electron chi connectivity index (χ0n) is 16.9. The minimum Gasteiger partial charge on any atom is -0.323 e. The molecule has 0 spiro atoms. The molecule has 3 aromatic carbocycles. The second kappa shape index (κ2) is 6.93. The van der Waals surface area contributed by atoms with Crippen LogP contribution in [0.15, 0.2) is 91.0 Å². The van der Waals surface area contributed by atoms with Crippen molar-refractivity contribution in [2.45, 2.75) is 25.8 Å². The summed E-state index contributed by atoms with van der Waals surface area (Å²) in [5.74, 6) is 1.21. The fourth-order valence-electron chi connectivity index (χ4n) is 4.72. The molecule has 0 unspecified atom stereocenters. The molecule has 2 heterocycles. The fourth-order valence-corrected chi connectivity index (χ4v) is 4.72. The van der Waals surface area contributed by atoms with E-state index in [1.807, 2.05) is 0 Å². The third-order valence-electron chi connectivity index (χ3n) is 6.09. The maximum Gasteiger partial charge on any atom is 0.136 e. The Balaban J connectivity index is 1.84. The molecule has 5 rings (SSSR count). The SMILES string of the molecule is CCc1c(C)nn2c1N(c1ccccc1)CC2(c1ccccc1)c1ccccc1. The zero-order chi connectivity index (χ0) is 19.8. The molecule has 29 heavy (non-hydrogen) atoms. The van der Waals surface area contributed by atoms with E-state index in [0.717, 1.165) is 18.7 Å². The second-order valence-corrected chi connectivity index (χ2v) is 7.67. The summed E-state index contributed by atoms with van der Waals surface area (Å²) in [6, 6.07) is 32.3. The van der Waals surface area contributed by atoms with Crippen molar-refractivity contribution in [2.75, 3.05) is 11.4 Å². The van der Waals surface area contributed by atoms with E-state index in [9.17, 15) is 0 Å².